The van der Waals surface area contributed by atoms with Gasteiger partial charge >= 0.3 is 0 Å². The fourth-order valence-corrected chi connectivity index (χ4v) is 0.792. The molecule has 7 nitrogen and oxygen atoms in total. The van der Waals surface area contributed by atoms with E-state index in [9.17, 15) is 4.79 Å². The summed E-state index contributed by atoms with van der Waals surface area (Å²) in [6, 6.07) is -0.570. The van der Waals surface area contributed by atoms with E-state index in [0.717, 1.165) is 12.8 Å². The normalized spacial score (nSPS) is 11.5. The van der Waals surface area contributed by atoms with Crippen LogP contribution >= 0.6 is 0 Å². The maximum Gasteiger partial charge on any atom is 0.234 e. The number of hydrogen-bond acceptors (Lipinski definition) is 3. The number of carbonyl (C=O) groups excluding carboxylic acids is 1. The Morgan fingerprint density at radius 3 is 2.85 bits per heavy atom. The molecule has 7 heteroatoms. The standard InChI is InChI=1S/C6H14N6O/c7-5(6(8)13)3-1-2-4-10-12-11-9/h5,10H,1-4,7H2,(H2,8,13)/t5-/m0/s1. The second kappa shape index (κ2) is 7.20. The second-order valence-electron chi connectivity index (χ2n) is 2.60. The Kier molecular flexibility index (Phi) is 6.39. The Labute approximate surface area is 76.1 Å². The lowest BCUT2D eigenvalue weighted by atomic mass is 10.1. The molecule has 13 heavy (non-hydrogen) atoms. The van der Waals surface area contributed by atoms with E-state index in [1.165, 1.54) is 0 Å². The van der Waals surface area contributed by atoms with E-state index in [2.05, 4.69) is 15.6 Å². The van der Waals surface area contributed by atoms with Crippen molar-refractivity contribution in [1.29, 1.82) is 0 Å². The molecular formula is C6H14N6O. The smallest absolute Gasteiger partial charge is 0.234 e. The Balaban J connectivity index is 3.25. The van der Waals surface area contributed by atoms with E-state index in [-0.39, 0.29) is 0 Å². The van der Waals surface area contributed by atoms with Crippen molar-refractivity contribution >= 4 is 5.91 Å². The predicted molar refractivity (Wildman–Crippen MR) is 48.2 cm³/mol. The molecule has 74 valence electrons. The summed E-state index contributed by atoms with van der Waals surface area (Å²) in [6.45, 7) is 0.579. The van der Waals surface area contributed by atoms with Crippen LogP contribution in [-0.4, -0.2) is 18.5 Å². The molecule has 0 bridgehead atoms. The minimum absolute atomic E-state index is 0.483. The first kappa shape index (κ1) is 11.5. The monoisotopic (exact) mass is 186 g/mol. The molecular weight excluding hydrogens is 172 g/mol. The van der Waals surface area contributed by atoms with Crippen LogP contribution in [0.25, 0.3) is 10.4 Å². The second-order valence-corrected chi connectivity index (χ2v) is 2.60. The highest BCUT2D eigenvalue weighted by atomic mass is 16.1. The fraction of sp³-hybridized carbons (Fsp3) is 0.833. The van der Waals surface area contributed by atoms with Crippen molar-refractivity contribution < 1.29 is 4.79 Å². The van der Waals surface area contributed by atoms with Gasteiger partial charge in [-0.3, -0.25) is 10.2 Å². The summed E-state index contributed by atoms with van der Waals surface area (Å²) in [5.74, 6) is -0.483. The van der Waals surface area contributed by atoms with Gasteiger partial charge in [0.2, 0.25) is 5.91 Å². The van der Waals surface area contributed by atoms with Crippen molar-refractivity contribution in [1.82, 2.24) is 5.43 Å². The van der Waals surface area contributed by atoms with Crippen LogP contribution in [0, 0.1) is 0 Å². The van der Waals surface area contributed by atoms with E-state index in [4.69, 9.17) is 17.0 Å². The van der Waals surface area contributed by atoms with Crippen molar-refractivity contribution in [2.75, 3.05) is 6.54 Å². The molecule has 0 aromatic carbocycles. The Bertz CT molecular complexity index is 199. The molecule has 5 N–H and O–H groups in total. The fourth-order valence-electron chi connectivity index (χ4n) is 0.792. The van der Waals surface area contributed by atoms with E-state index in [0.29, 0.717) is 13.0 Å². The average Bonchev–Trinajstić information content (AvgIpc) is 2.10. The van der Waals surface area contributed by atoms with Crippen LogP contribution in [0.3, 0.4) is 0 Å². The van der Waals surface area contributed by atoms with Gasteiger partial charge in [0.1, 0.15) is 0 Å². The predicted octanol–water partition coefficient (Wildman–Crippen LogP) is -0.216. The first-order valence-corrected chi connectivity index (χ1v) is 4.00. The van der Waals surface area contributed by atoms with Crippen molar-refractivity contribution in [3.05, 3.63) is 10.4 Å². The summed E-state index contributed by atoms with van der Waals surface area (Å²) in [5, 5.41) is 3.13. The minimum Gasteiger partial charge on any atom is -0.368 e. The van der Waals surface area contributed by atoms with Gasteiger partial charge in [0.15, 0.2) is 0 Å². The minimum atomic E-state index is -0.570. The highest BCUT2D eigenvalue weighted by molar-refractivity contribution is 5.79. The molecule has 0 aliphatic carbocycles. The zero-order valence-electron chi connectivity index (χ0n) is 7.31. The number of rotatable bonds is 7. The maximum atomic E-state index is 10.5. The van der Waals surface area contributed by atoms with Gasteiger partial charge < -0.3 is 11.5 Å². The summed E-state index contributed by atoms with van der Waals surface area (Å²) in [6.07, 6.45) is 2.13. The number of nitrogens with zero attached hydrogens (tertiary/aromatic N) is 3. The average molecular weight is 186 g/mol. The van der Waals surface area contributed by atoms with Crippen LogP contribution in [0.2, 0.25) is 0 Å². The summed E-state index contributed by atoms with van der Waals surface area (Å²) >= 11 is 0. The Morgan fingerprint density at radius 1 is 1.62 bits per heavy atom. The van der Waals surface area contributed by atoms with Gasteiger partial charge in [-0.2, -0.15) is 4.91 Å². The number of primary amides is 1. The van der Waals surface area contributed by atoms with Crippen molar-refractivity contribution in [2.45, 2.75) is 25.3 Å². The number of amides is 1. The summed E-state index contributed by atoms with van der Waals surface area (Å²) < 4.78 is 0. The molecule has 0 aliphatic heterocycles. The molecule has 0 aliphatic rings. The van der Waals surface area contributed by atoms with Crippen LogP contribution < -0.4 is 16.9 Å². The molecule has 0 fully saturated rings. The molecule has 0 rings (SSSR count). The van der Waals surface area contributed by atoms with Crippen molar-refractivity contribution in [2.24, 2.45) is 16.7 Å². The Morgan fingerprint density at radius 2 is 2.31 bits per heavy atom. The number of nitrogens with two attached hydrogens (primary N) is 2. The third-order valence-corrected chi connectivity index (χ3v) is 1.53. The molecule has 0 aromatic rings. The molecule has 1 amide bonds. The van der Waals surface area contributed by atoms with E-state index >= 15 is 0 Å². The zero-order valence-corrected chi connectivity index (χ0v) is 7.31. The lowest BCUT2D eigenvalue weighted by molar-refractivity contribution is -0.119. The first-order valence-electron chi connectivity index (χ1n) is 4.00. The highest BCUT2D eigenvalue weighted by Crippen LogP contribution is 1.97. The highest BCUT2D eigenvalue weighted by Gasteiger charge is 2.07. The number of carbonyl (C=O) groups is 1. The van der Waals surface area contributed by atoms with Gasteiger partial charge in [0, 0.05) is 0 Å². The third-order valence-electron chi connectivity index (χ3n) is 1.53. The van der Waals surface area contributed by atoms with Crippen LogP contribution in [0.4, 0.5) is 0 Å². The van der Waals surface area contributed by atoms with Crippen molar-refractivity contribution in [3.63, 3.8) is 0 Å². The molecule has 0 heterocycles. The zero-order chi connectivity index (χ0) is 10.1. The van der Waals surface area contributed by atoms with Crippen molar-refractivity contribution in [3.8, 4) is 0 Å². The van der Waals surface area contributed by atoms with E-state index in [1.807, 2.05) is 0 Å². The van der Waals surface area contributed by atoms with E-state index in [1.54, 1.807) is 0 Å². The quantitative estimate of drug-likeness (QED) is 0.167. The van der Waals surface area contributed by atoms with Gasteiger partial charge in [-0.25, -0.2) is 0 Å². The van der Waals surface area contributed by atoms with Gasteiger partial charge in [0.25, 0.3) is 0 Å². The molecule has 0 aromatic heterocycles. The van der Waals surface area contributed by atoms with Crippen LogP contribution in [-0.2, 0) is 4.79 Å². The SMILES string of the molecule is [N-]=[N+]=NNCCCC[C@H](N)C(N)=O. The molecule has 0 saturated carbocycles. The van der Waals surface area contributed by atoms with E-state index < -0.39 is 11.9 Å². The van der Waals surface area contributed by atoms with Crippen LogP contribution in [0.15, 0.2) is 5.22 Å². The molecule has 1 atom stereocenters. The number of nitrogens with one attached hydrogen (secondary N) is 1. The first-order chi connectivity index (χ1) is 6.18. The van der Waals surface area contributed by atoms with Gasteiger partial charge in [-0.1, -0.05) is 0 Å². The molecule has 0 spiro atoms. The summed E-state index contributed by atoms with van der Waals surface area (Å²) in [4.78, 5) is 13.0. The van der Waals surface area contributed by atoms with Crippen LogP contribution in [0.5, 0.6) is 0 Å². The summed E-state index contributed by atoms with van der Waals surface area (Å²) in [7, 11) is 0. The lowest BCUT2D eigenvalue weighted by Crippen LogP contribution is -2.36. The van der Waals surface area contributed by atoms with Gasteiger partial charge in [-0.15, -0.1) is 5.53 Å². The number of azide groups is 1. The van der Waals surface area contributed by atoms with Crippen LogP contribution in [0.1, 0.15) is 19.3 Å². The molecule has 0 unspecified atom stereocenters. The molecule has 0 saturated heterocycles. The van der Waals surface area contributed by atoms with Gasteiger partial charge in [0.05, 0.1) is 12.6 Å². The Hall–Kier alpha value is -1.46. The number of hydrogen-bond donors (Lipinski definition) is 3. The maximum absolute atomic E-state index is 10.5. The third kappa shape index (κ3) is 6.92. The summed E-state index contributed by atoms with van der Waals surface area (Å²) in [5.41, 5.74) is 20.7. The molecule has 0 radical (unpaired) electrons. The number of unbranched alkanes of at least 4 members (excludes halogenated alkanes) is 1. The van der Waals surface area contributed by atoms with Gasteiger partial charge in [-0.05, 0) is 24.5 Å². The topological polar surface area (TPSA) is 130 Å². The largest absolute Gasteiger partial charge is 0.368 e. The lowest BCUT2D eigenvalue weighted by Gasteiger charge is -2.05.